The molecule has 162 valence electrons. The van der Waals surface area contributed by atoms with Gasteiger partial charge in [0.25, 0.3) is 0 Å². The van der Waals surface area contributed by atoms with Gasteiger partial charge < -0.3 is 10.6 Å². The van der Waals surface area contributed by atoms with Gasteiger partial charge >= 0.3 is 0 Å². The van der Waals surface area contributed by atoms with E-state index < -0.39 is 0 Å². The van der Waals surface area contributed by atoms with Gasteiger partial charge in [0.15, 0.2) is 0 Å². The van der Waals surface area contributed by atoms with Crippen molar-refractivity contribution in [2.24, 2.45) is 5.92 Å². The molecule has 2 aromatic rings. The Morgan fingerprint density at radius 3 is 1.77 bits per heavy atom. The van der Waals surface area contributed by atoms with E-state index in [2.05, 4.69) is 67.9 Å². The van der Waals surface area contributed by atoms with Gasteiger partial charge in [-0.1, -0.05) is 52.0 Å². The SMILES string of the molecule is CC[C@@H](C)c1ccc([C@@H](N[C@@H](C)C(=O)Nc2ccc(NC(C)=O)cc2)C(C)C)cc1. The molecule has 2 amide bonds. The van der Waals surface area contributed by atoms with E-state index in [-0.39, 0.29) is 23.9 Å². The second kappa shape index (κ2) is 10.9. The van der Waals surface area contributed by atoms with E-state index in [1.54, 1.807) is 24.3 Å². The van der Waals surface area contributed by atoms with Gasteiger partial charge in [-0.05, 0) is 60.6 Å². The molecule has 30 heavy (non-hydrogen) atoms. The Morgan fingerprint density at radius 2 is 1.30 bits per heavy atom. The lowest BCUT2D eigenvalue weighted by atomic mass is 9.91. The van der Waals surface area contributed by atoms with Crippen LogP contribution in [0.25, 0.3) is 0 Å². The first kappa shape index (κ1) is 23.6. The van der Waals surface area contributed by atoms with Gasteiger partial charge in [0.05, 0.1) is 6.04 Å². The summed E-state index contributed by atoms with van der Waals surface area (Å²) in [6.45, 7) is 12.1. The number of hydrogen-bond donors (Lipinski definition) is 3. The largest absolute Gasteiger partial charge is 0.326 e. The molecule has 0 aliphatic carbocycles. The minimum atomic E-state index is -0.360. The summed E-state index contributed by atoms with van der Waals surface area (Å²) >= 11 is 0. The molecule has 0 radical (unpaired) electrons. The third kappa shape index (κ3) is 6.70. The first-order valence-electron chi connectivity index (χ1n) is 10.8. The van der Waals surface area contributed by atoms with E-state index in [1.165, 1.54) is 18.1 Å². The van der Waals surface area contributed by atoms with Crippen molar-refractivity contribution in [3.05, 3.63) is 59.7 Å². The molecule has 0 aliphatic heterocycles. The van der Waals surface area contributed by atoms with Gasteiger partial charge in [-0.25, -0.2) is 0 Å². The van der Waals surface area contributed by atoms with Gasteiger partial charge in [-0.15, -0.1) is 0 Å². The van der Waals surface area contributed by atoms with E-state index in [0.717, 1.165) is 6.42 Å². The van der Waals surface area contributed by atoms with E-state index in [1.807, 2.05) is 6.92 Å². The second-order valence-electron chi connectivity index (χ2n) is 8.33. The molecule has 0 unspecified atom stereocenters. The summed E-state index contributed by atoms with van der Waals surface area (Å²) in [6.07, 6.45) is 1.12. The number of benzene rings is 2. The molecule has 3 N–H and O–H groups in total. The number of amides is 2. The van der Waals surface area contributed by atoms with Crippen LogP contribution in [-0.2, 0) is 9.59 Å². The molecule has 0 aromatic heterocycles. The molecule has 5 heteroatoms. The molecule has 5 nitrogen and oxygen atoms in total. The molecule has 0 fully saturated rings. The molecule has 0 spiro atoms. The molecule has 0 saturated carbocycles. The van der Waals surface area contributed by atoms with Crippen molar-refractivity contribution in [3.8, 4) is 0 Å². The molecular formula is C25H35N3O2. The number of anilines is 2. The zero-order valence-electron chi connectivity index (χ0n) is 19.0. The van der Waals surface area contributed by atoms with Crippen molar-refractivity contribution >= 4 is 23.2 Å². The Morgan fingerprint density at radius 1 is 0.800 bits per heavy atom. The fourth-order valence-electron chi connectivity index (χ4n) is 3.38. The van der Waals surface area contributed by atoms with Crippen molar-refractivity contribution in [1.82, 2.24) is 5.32 Å². The van der Waals surface area contributed by atoms with Gasteiger partial charge in [-0.3, -0.25) is 14.9 Å². The van der Waals surface area contributed by atoms with Crippen molar-refractivity contribution in [1.29, 1.82) is 0 Å². The quantitative estimate of drug-likeness (QED) is 0.514. The summed E-state index contributed by atoms with van der Waals surface area (Å²) < 4.78 is 0. The number of carbonyl (C=O) groups is 2. The van der Waals surface area contributed by atoms with E-state index in [0.29, 0.717) is 23.2 Å². The van der Waals surface area contributed by atoms with Crippen LogP contribution in [0.15, 0.2) is 48.5 Å². The van der Waals surface area contributed by atoms with Crippen LogP contribution in [0.4, 0.5) is 11.4 Å². The van der Waals surface area contributed by atoms with Crippen LogP contribution in [0.2, 0.25) is 0 Å². The minimum Gasteiger partial charge on any atom is -0.326 e. The highest BCUT2D eigenvalue weighted by atomic mass is 16.2. The first-order chi connectivity index (χ1) is 14.2. The summed E-state index contributed by atoms with van der Waals surface area (Å²) in [5.41, 5.74) is 3.93. The van der Waals surface area contributed by atoms with Crippen LogP contribution >= 0.6 is 0 Å². The Balaban J connectivity index is 2.02. The Bertz CT molecular complexity index is 828. The van der Waals surface area contributed by atoms with E-state index >= 15 is 0 Å². The normalized spacial score (nSPS) is 14.1. The van der Waals surface area contributed by atoms with Gasteiger partial charge in [0.1, 0.15) is 0 Å². The highest BCUT2D eigenvalue weighted by Crippen LogP contribution is 2.26. The van der Waals surface area contributed by atoms with Crippen LogP contribution in [0.5, 0.6) is 0 Å². The molecule has 2 aromatic carbocycles. The third-order valence-corrected chi connectivity index (χ3v) is 5.44. The zero-order chi connectivity index (χ0) is 22.3. The van der Waals surface area contributed by atoms with Crippen LogP contribution in [-0.4, -0.2) is 17.9 Å². The molecule has 0 saturated heterocycles. The van der Waals surface area contributed by atoms with E-state index in [9.17, 15) is 9.59 Å². The number of carbonyl (C=O) groups excluding carboxylic acids is 2. The van der Waals surface area contributed by atoms with Crippen LogP contribution in [0.1, 0.15) is 71.0 Å². The summed E-state index contributed by atoms with van der Waals surface area (Å²) in [5, 5.41) is 9.13. The maximum atomic E-state index is 12.7. The van der Waals surface area contributed by atoms with Crippen molar-refractivity contribution in [2.75, 3.05) is 10.6 Å². The Labute approximate surface area is 180 Å². The van der Waals surface area contributed by atoms with Crippen molar-refractivity contribution in [3.63, 3.8) is 0 Å². The summed E-state index contributed by atoms with van der Waals surface area (Å²) in [7, 11) is 0. The van der Waals surface area contributed by atoms with Gasteiger partial charge in [-0.2, -0.15) is 0 Å². The Hall–Kier alpha value is -2.66. The highest BCUT2D eigenvalue weighted by Gasteiger charge is 2.22. The smallest absolute Gasteiger partial charge is 0.241 e. The molecule has 0 heterocycles. The second-order valence-corrected chi connectivity index (χ2v) is 8.33. The maximum Gasteiger partial charge on any atom is 0.241 e. The van der Waals surface area contributed by atoms with Gasteiger partial charge in [0, 0.05) is 24.3 Å². The van der Waals surface area contributed by atoms with Gasteiger partial charge in [0.2, 0.25) is 11.8 Å². The zero-order valence-corrected chi connectivity index (χ0v) is 19.0. The lowest BCUT2D eigenvalue weighted by Crippen LogP contribution is -2.41. The average molecular weight is 410 g/mol. The van der Waals surface area contributed by atoms with Crippen LogP contribution in [0.3, 0.4) is 0 Å². The van der Waals surface area contributed by atoms with Crippen LogP contribution in [0, 0.1) is 5.92 Å². The molecule has 0 bridgehead atoms. The first-order valence-corrected chi connectivity index (χ1v) is 10.8. The fourth-order valence-corrected chi connectivity index (χ4v) is 3.38. The lowest BCUT2D eigenvalue weighted by molar-refractivity contribution is -0.118. The van der Waals surface area contributed by atoms with E-state index in [4.69, 9.17) is 0 Å². The molecular weight excluding hydrogens is 374 g/mol. The van der Waals surface area contributed by atoms with Crippen LogP contribution < -0.4 is 16.0 Å². The highest BCUT2D eigenvalue weighted by molar-refractivity contribution is 5.95. The minimum absolute atomic E-state index is 0.0823. The van der Waals surface area contributed by atoms with Crippen molar-refractivity contribution in [2.45, 2.75) is 66.0 Å². The summed E-state index contributed by atoms with van der Waals surface area (Å²) in [6, 6.07) is 15.6. The molecule has 0 aliphatic rings. The predicted molar refractivity (Wildman–Crippen MR) is 125 cm³/mol. The summed E-state index contributed by atoms with van der Waals surface area (Å²) in [5.74, 6) is 0.670. The monoisotopic (exact) mass is 409 g/mol. The number of hydrogen-bond acceptors (Lipinski definition) is 3. The third-order valence-electron chi connectivity index (χ3n) is 5.44. The topological polar surface area (TPSA) is 70.2 Å². The average Bonchev–Trinajstić information content (AvgIpc) is 2.72. The standard InChI is InChI=1S/C25H35N3O2/c1-7-17(4)20-8-10-21(11-9-20)24(16(2)3)26-18(5)25(30)28-23-14-12-22(13-15-23)27-19(6)29/h8-18,24,26H,7H2,1-6H3,(H,27,29)(H,28,30)/t17-,18+,24+/m1/s1. The lowest BCUT2D eigenvalue weighted by Gasteiger charge is -2.27. The Kier molecular flexibility index (Phi) is 8.60. The maximum absolute atomic E-state index is 12.7. The number of nitrogens with one attached hydrogen (secondary N) is 3. The number of rotatable bonds is 9. The van der Waals surface area contributed by atoms with Crippen molar-refractivity contribution < 1.29 is 9.59 Å². The predicted octanol–water partition coefficient (Wildman–Crippen LogP) is 5.47. The molecule has 2 rings (SSSR count). The fraction of sp³-hybridized carbons (Fsp3) is 0.440. The molecule has 3 atom stereocenters. The summed E-state index contributed by atoms with van der Waals surface area (Å²) in [4.78, 5) is 23.8.